The Morgan fingerprint density at radius 2 is 2.00 bits per heavy atom. The summed E-state index contributed by atoms with van der Waals surface area (Å²) in [6, 6.07) is 9.26. The molecule has 21 heavy (non-hydrogen) atoms. The molecule has 0 aliphatic rings. The first kappa shape index (κ1) is 14.8. The first-order chi connectivity index (χ1) is 10.0. The topological polar surface area (TPSA) is 77.3 Å². The quantitative estimate of drug-likeness (QED) is 0.673. The molecule has 0 spiro atoms. The lowest BCUT2D eigenvalue weighted by molar-refractivity contribution is -0.385. The van der Waals surface area contributed by atoms with Crippen LogP contribution in [-0.4, -0.2) is 17.0 Å². The van der Waals surface area contributed by atoms with Crippen molar-refractivity contribution in [2.45, 2.75) is 19.9 Å². The van der Waals surface area contributed by atoms with Gasteiger partial charge in [-0.2, -0.15) is 0 Å². The minimum Gasteiger partial charge on any atom is -0.497 e. The van der Waals surface area contributed by atoms with Crippen molar-refractivity contribution >= 4 is 11.5 Å². The van der Waals surface area contributed by atoms with Gasteiger partial charge in [-0.1, -0.05) is 12.1 Å². The molecule has 0 saturated heterocycles. The summed E-state index contributed by atoms with van der Waals surface area (Å²) in [4.78, 5) is 14.4. The zero-order valence-electron chi connectivity index (χ0n) is 12.2. The molecular weight excluding hydrogens is 270 g/mol. The largest absolute Gasteiger partial charge is 0.497 e. The molecule has 0 bridgehead atoms. The van der Waals surface area contributed by atoms with Crippen molar-refractivity contribution in [1.29, 1.82) is 0 Å². The molecule has 0 aliphatic carbocycles. The Morgan fingerprint density at radius 1 is 1.33 bits per heavy atom. The van der Waals surface area contributed by atoms with Crippen LogP contribution in [0.25, 0.3) is 0 Å². The third kappa shape index (κ3) is 3.47. The molecule has 1 N–H and O–H groups in total. The van der Waals surface area contributed by atoms with E-state index in [0.29, 0.717) is 5.82 Å². The van der Waals surface area contributed by atoms with Gasteiger partial charge in [-0.15, -0.1) is 0 Å². The van der Waals surface area contributed by atoms with Crippen molar-refractivity contribution < 1.29 is 9.66 Å². The Labute approximate surface area is 122 Å². The maximum Gasteiger partial charge on any atom is 0.287 e. The molecule has 1 unspecified atom stereocenters. The van der Waals surface area contributed by atoms with E-state index in [4.69, 9.17) is 4.74 Å². The van der Waals surface area contributed by atoms with Gasteiger partial charge in [0.1, 0.15) is 17.8 Å². The maximum atomic E-state index is 10.7. The predicted molar refractivity (Wildman–Crippen MR) is 80.7 cm³/mol. The number of aryl methyl sites for hydroxylation is 1. The Balaban J connectivity index is 2.14. The van der Waals surface area contributed by atoms with Crippen LogP contribution in [-0.2, 0) is 0 Å². The van der Waals surface area contributed by atoms with Crippen molar-refractivity contribution in [2.24, 2.45) is 0 Å². The summed E-state index contributed by atoms with van der Waals surface area (Å²) in [5.74, 6) is 1.44. The smallest absolute Gasteiger partial charge is 0.287 e. The Kier molecular flexibility index (Phi) is 4.37. The van der Waals surface area contributed by atoms with E-state index in [-0.39, 0.29) is 11.7 Å². The molecule has 1 heterocycles. The van der Waals surface area contributed by atoms with E-state index in [9.17, 15) is 10.1 Å². The van der Waals surface area contributed by atoms with Crippen molar-refractivity contribution in [3.63, 3.8) is 0 Å². The van der Waals surface area contributed by atoms with Crippen LogP contribution in [0.15, 0.2) is 36.5 Å². The zero-order valence-corrected chi connectivity index (χ0v) is 12.2. The van der Waals surface area contributed by atoms with Crippen LogP contribution in [0.3, 0.4) is 0 Å². The molecule has 0 radical (unpaired) electrons. The van der Waals surface area contributed by atoms with Gasteiger partial charge in [0.15, 0.2) is 0 Å². The minimum atomic E-state index is -0.448. The molecule has 1 atom stereocenters. The third-order valence-electron chi connectivity index (χ3n) is 3.24. The molecule has 0 fully saturated rings. The molecule has 110 valence electrons. The van der Waals surface area contributed by atoms with Crippen molar-refractivity contribution in [1.82, 2.24) is 4.98 Å². The number of anilines is 1. The van der Waals surface area contributed by atoms with Gasteiger partial charge in [0.05, 0.1) is 12.0 Å². The molecule has 2 aromatic rings. The molecule has 0 saturated carbocycles. The monoisotopic (exact) mass is 287 g/mol. The summed E-state index contributed by atoms with van der Waals surface area (Å²) >= 11 is 0. The highest BCUT2D eigenvalue weighted by molar-refractivity contribution is 5.49. The van der Waals surface area contributed by atoms with Crippen LogP contribution in [0.5, 0.6) is 5.75 Å². The van der Waals surface area contributed by atoms with Crippen molar-refractivity contribution in [3.05, 3.63) is 57.8 Å². The lowest BCUT2D eigenvalue weighted by atomic mass is 10.1. The average molecular weight is 287 g/mol. The molecule has 0 amide bonds. The number of nitrogens with one attached hydrogen (secondary N) is 1. The first-order valence-corrected chi connectivity index (χ1v) is 6.53. The summed E-state index contributed by atoms with van der Waals surface area (Å²) in [5, 5.41) is 14.0. The van der Waals surface area contributed by atoms with Crippen LogP contribution >= 0.6 is 0 Å². The van der Waals surface area contributed by atoms with Gasteiger partial charge in [-0.3, -0.25) is 10.1 Å². The van der Waals surface area contributed by atoms with Crippen molar-refractivity contribution in [2.75, 3.05) is 12.4 Å². The third-order valence-corrected chi connectivity index (χ3v) is 3.24. The molecule has 0 aliphatic heterocycles. The van der Waals surface area contributed by atoms with Gasteiger partial charge in [0, 0.05) is 12.1 Å². The van der Waals surface area contributed by atoms with Gasteiger partial charge >= 0.3 is 0 Å². The van der Waals surface area contributed by atoms with Crippen LogP contribution in [0, 0.1) is 17.0 Å². The number of methoxy groups -OCH3 is 1. The second-order valence-corrected chi connectivity index (χ2v) is 4.76. The van der Waals surface area contributed by atoms with Crippen LogP contribution in [0.2, 0.25) is 0 Å². The maximum absolute atomic E-state index is 10.7. The predicted octanol–water partition coefficient (Wildman–Crippen LogP) is 3.48. The number of ether oxygens (including phenoxy) is 1. The number of nitrogens with zero attached hydrogens (tertiary/aromatic N) is 2. The highest BCUT2D eigenvalue weighted by atomic mass is 16.6. The molecule has 6 heteroatoms. The number of hydrogen-bond donors (Lipinski definition) is 1. The fourth-order valence-corrected chi connectivity index (χ4v) is 1.99. The Morgan fingerprint density at radius 3 is 2.52 bits per heavy atom. The number of aromatic nitrogens is 1. The summed E-state index contributed by atoms with van der Waals surface area (Å²) in [6.07, 6.45) is 1.26. The fraction of sp³-hybridized carbons (Fsp3) is 0.267. The molecule has 1 aromatic carbocycles. The van der Waals surface area contributed by atoms with Gasteiger partial charge in [0.25, 0.3) is 5.69 Å². The van der Waals surface area contributed by atoms with E-state index in [1.807, 2.05) is 31.2 Å². The molecular formula is C15H17N3O3. The minimum absolute atomic E-state index is 0.00449. The highest BCUT2D eigenvalue weighted by Gasteiger charge is 2.12. The van der Waals surface area contributed by atoms with Gasteiger partial charge < -0.3 is 10.1 Å². The number of hydrogen-bond acceptors (Lipinski definition) is 5. The number of nitro groups is 1. The Bertz CT molecular complexity index is 641. The van der Waals surface area contributed by atoms with E-state index in [1.54, 1.807) is 14.0 Å². The summed E-state index contributed by atoms with van der Waals surface area (Å²) in [6.45, 7) is 3.80. The van der Waals surface area contributed by atoms with Gasteiger partial charge in [-0.25, -0.2) is 4.98 Å². The van der Waals surface area contributed by atoms with E-state index in [1.165, 1.54) is 12.3 Å². The zero-order chi connectivity index (χ0) is 15.4. The highest BCUT2D eigenvalue weighted by Crippen LogP contribution is 2.24. The second-order valence-electron chi connectivity index (χ2n) is 4.76. The second kappa shape index (κ2) is 6.21. The lowest BCUT2D eigenvalue weighted by Crippen LogP contribution is -2.09. The van der Waals surface area contributed by atoms with E-state index >= 15 is 0 Å². The van der Waals surface area contributed by atoms with E-state index in [2.05, 4.69) is 10.3 Å². The lowest BCUT2D eigenvalue weighted by Gasteiger charge is -2.16. The van der Waals surface area contributed by atoms with E-state index in [0.717, 1.165) is 16.9 Å². The summed E-state index contributed by atoms with van der Waals surface area (Å²) in [5.41, 5.74) is 1.81. The fourth-order valence-electron chi connectivity index (χ4n) is 1.99. The number of pyridine rings is 1. The van der Waals surface area contributed by atoms with Crippen molar-refractivity contribution in [3.8, 4) is 5.75 Å². The number of benzene rings is 1. The van der Waals surface area contributed by atoms with Gasteiger partial charge in [-0.05, 0) is 37.1 Å². The van der Waals surface area contributed by atoms with Crippen LogP contribution in [0.4, 0.5) is 11.5 Å². The first-order valence-electron chi connectivity index (χ1n) is 6.53. The normalized spacial score (nSPS) is 11.8. The standard InChI is InChI=1S/C15H17N3O3/c1-10-8-13(18(19)20)9-16-15(10)17-11(2)12-4-6-14(21-3)7-5-12/h4-9,11H,1-3H3,(H,16,17). The van der Waals surface area contributed by atoms with Gasteiger partial charge in [0.2, 0.25) is 0 Å². The molecule has 2 rings (SSSR count). The van der Waals surface area contributed by atoms with Crippen LogP contribution in [0.1, 0.15) is 24.1 Å². The average Bonchev–Trinajstić information content (AvgIpc) is 2.49. The SMILES string of the molecule is COc1ccc(C(C)Nc2ncc([N+](=O)[O-])cc2C)cc1. The Hall–Kier alpha value is -2.63. The van der Waals surface area contributed by atoms with Crippen LogP contribution < -0.4 is 10.1 Å². The summed E-state index contributed by atoms with van der Waals surface area (Å²) in [7, 11) is 1.63. The molecule has 6 nitrogen and oxygen atoms in total. The molecule has 1 aromatic heterocycles. The van der Waals surface area contributed by atoms with E-state index < -0.39 is 4.92 Å². The number of rotatable bonds is 5. The summed E-state index contributed by atoms with van der Waals surface area (Å²) < 4.78 is 5.13.